The quantitative estimate of drug-likeness (QED) is 0.811. The topological polar surface area (TPSA) is 21.3 Å². The molecule has 2 aromatic carbocycles. The molecule has 0 saturated carbocycles. The van der Waals surface area contributed by atoms with Crippen LogP contribution in [0.5, 0.6) is 5.75 Å². The van der Waals surface area contributed by atoms with E-state index in [9.17, 15) is 0 Å². The van der Waals surface area contributed by atoms with Crippen molar-refractivity contribution in [1.82, 2.24) is 5.32 Å². The number of halogens is 2. The van der Waals surface area contributed by atoms with Crippen LogP contribution in [0.4, 0.5) is 0 Å². The van der Waals surface area contributed by atoms with Gasteiger partial charge >= 0.3 is 0 Å². The van der Waals surface area contributed by atoms with Crippen LogP contribution in [0.25, 0.3) is 0 Å². The monoisotopic (exact) mass is 311 g/mol. The molecule has 20 heavy (non-hydrogen) atoms. The van der Waals surface area contributed by atoms with Gasteiger partial charge in [-0.1, -0.05) is 35.9 Å². The molecule has 0 unspecified atom stereocenters. The molecule has 0 aliphatic heterocycles. The minimum absolute atomic E-state index is 0. The van der Waals surface area contributed by atoms with E-state index >= 15 is 0 Å². The van der Waals surface area contributed by atoms with Crippen molar-refractivity contribution in [3.63, 3.8) is 0 Å². The predicted octanol–water partition coefficient (Wildman–Crippen LogP) is 4.10. The molecule has 2 nitrogen and oxygen atoms in total. The average molecular weight is 312 g/mol. The summed E-state index contributed by atoms with van der Waals surface area (Å²) in [5, 5.41) is 4.20. The summed E-state index contributed by atoms with van der Waals surface area (Å²) in [4.78, 5) is 0. The standard InChI is InChI=1S/C16H18ClNO.ClH/c1-19-16-8-4-13(5-9-16)10-11-18-12-14-2-6-15(17)7-3-14;/h2-9,18H,10-12H2,1H3;1H. The third-order valence-corrected chi connectivity index (χ3v) is 3.24. The zero-order valence-corrected chi connectivity index (χ0v) is 13.0. The molecule has 108 valence electrons. The largest absolute Gasteiger partial charge is 0.497 e. The van der Waals surface area contributed by atoms with Crippen molar-refractivity contribution in [2.75, 3.05) is 13.7 Å². The average Bonchev–Trinajstić information content (AvgIpc) is 2.46. The second-order valence-electron chi connectivity index (χ2n) is 4.40. The molecule has 0 radical (unpaired) electrons. The van der Waals surface area contributed by atoms with Crippen molar-refractivity contribution in [3.05, 3.63) is 64.7 Å². The van der Waals surface area contributed by atoms with Gasteiger partial charge in [0, 0.05) is 11.6 Å². The van der Waals surface area contributed by atoms with Gasteiger partial charge in [-0.05, 0) is 48.4 Å². The van der Waals surface area contributed by atoms with Gasteiger partial charge in [-0.2, -0.15) is 0 Å². The Hall–Kier alpha value is -1.22. The summed E-state index contributed by atoms with van der Waals surface area (Å²) < 4.78 is 5.14. The molecule has 0 spiro atoms. The van der Waals surface area contributed by atoms with Gasteiger partial charge in [0.05, 0.1) is 7.11 Å². The first-order valence-electron chi connectivity index (χ1n) is 6.36. The fraction of sp³-hybridized carbons (Fsp3) is 0.250. The molecule has 0 heterocycles. The van der Waals surface area contributed by atoms with Crippen molar-refractivity contribution in [2.45, 2.75) is 13.0 Å². The molecule has 0 atom stereocenters. The van der Waals surface area contributed by atoms with Crippen LogP contribution in [0, 0.1) is 0 Å². The highest BCUT2D eigenvalue weighted by Gasteiger charge is 1.96. The number of rotatable bonds is 6. The van der Waals surface area contributed by atoms with Crippen LogP contribution in [0.3, 0.4) is 0 Å². The van der Waals surface area contributed by atoms with Crippen LogP contribution < -0.4 is 10.1 Å². The summed E-state index contributed by atoms with van der Waals surface area (Å²) in [7, 11) is 1.68. The lowest BCUT2D eigenvalue weighted by atomic mass is 10.1. The van der Waals surface area contributed by atoms with Crippen LogP contribution in [-0.2, 0) is 13.0 Å². The summed E-state index contributed by atoms with van der Waals surface area (Å²) in [6.45, 7) is 1.82. The lowest BCUT2D eigenvalue weighted by Crippen LogP contribution is -2.16. The fourth-order valence-electron chi connectivity index (χ4n) is 1.86. The first kappa shape index (κ1) is 16.8. The van der Waals surface area contributed by atoms with E-state index in [1.165, 1.54) is 11.1 Å². The zero-order chi connectivity index (χ0) is 13.5. The number of benzene rings is 2. The van der Waals surface area contributed by atoms with Crippen molar-refractivity contribution in [1.29, 1.82) is 0 Å². The van der Waals surface area contributed by atoms with E-state index in [0.29, 0.717) is 0 Å². The number of nitrogens with one attached hydrogen (secondary N) is 1. The lowest BCUT2D eigenvalue weighted by molar-refractivity contribution is 0.414. The van der Waals surface area contributed by atoms with E-state index in [1.54, 1.807) is 7.11 Å². The minimum atomic E-state index is 0. The Balaban J connectivity index is 0.00000200. The molecule has 0 bridgehead atoms. The summed E-state index contributed by atoms with van der Waals surface area (Å²) >= 11 is 5.85. The summed E-state index contributed by atoms with van der Waals surface area (Å²) in [5.41, 5.74) is 2.56. The maximum atomic E-state index is 5.85. The van der Waals surface area contributed by atoms with E-state index in [2.05, 4.69) is 17.4 Å². The minimum Gasteiger partial charge on any atom is -0.497 e. The summed E-state index contributed by atoms with van der Waals surface area (Å²) in [6.07, 6.45) is 1.01. The smallest absolute Gasteiger partial charge is 0.118 e. The Kier molecular flexibility index (Phi) is 7.45. The maximum absolute atomic E-state index is 5.85. The summed E-state index contributed by atoms with van der Waals surface area (Å²) in [6, 6.07) is 16.1. The highest BCUT2D eigenvalue weighted by Crippen LogP contribution is 2.11. The van der Waals surface area contributed by atoms with Gasteiger partial charge < -0.3 is 10.1 Å². The Morgan fingerprint density at radius 1 is 0.950 bits per heavy atom. The van der Waals surface area contributed by atoms with Crippen LogP contribution in [0.15, 0.2) is 48.5 Å². The highest BCUT2D eigenvalue weighted by atomic mass is 35.5. The molecule has 2 rings (SSSR count). The second-order valence-corrected chi connectivity index (χ2v) is 4.84. The Bertz CT molecular complexity index is 497. The van der Waals surface area contributed by atoms with Gasteiger partial charge in [0.25, 0.3) is 0 Å². The molecule has 1 N–H and O–H groups in total. The lowest BCUT2D eigenvalue weighted by Gasteiger charge is -2.06. The molecular weight excluding hydrogens is 293 g/mol. The van der Waals surface area contributed by atoms with E-state index in [1.807, 2.05) is 36.4 Å². The molecule has 0 fully saturated rings. The van der Waals surface area contributed by atoms with E-state index < -0.39 is 0 Å². The SMILES string of the molecule is COc1ccc(CCNCc2ccc(Cl)cc2)cc1.Cl. The number of ether oxygens (including phenoxy) is 1. The molecule has 0 aromatic heterocycles. The van der Waals surface area contributed by atoms with Crippen molar-refractivity contribution < 1.29 is 4.74 Å². The molecule has 4 heteroatoms. The second kappa shape index (κ2) is 8.85. The Labute approximate surface area is 131 Å². The first-order valence-corrected chi connectivity index (χ1v) is 6.74. The highest BCUT2D eigenvalue weighted by molar-refractivity contribution is 6.30. The third-order valence-electron chi connectivity index (χ3n) is 2.99. The Morgan fingerprint density at radius 3 is 2.15 bits per heavy atom. The molecule has 0 aliphatic rings. The zero-order valence-electron chi connectivity index (χ0n) is 11.4. The number of hydrogen-bond acceptors (Lipinski definition) is 2. The van der Waals surface area contributed by atoms with E-state index in [-0.39, 0.29) is 12.4 Å². The molecule has 0 saturated heterocycles. The molecule has 0 amide bonds. The third kappa shape index (κ3) is 5.41. The maximum Gasteiger partial charge on any atom is 0.118 e. The van der Waals surface area contributed by atoms with Gasteiger partial charge in [0.2, 0.25) is 0 Å². The van der Waals surface area contributed by atoms with E-state index in [0.717, 1.165) is 30.3 Å². The normalized spacial score (nSPS) is 9.90. The van der Waals surface area contributed by atoms with Crippen molar-refractivity contribution >= 4 is 24.0 Å². The number of hydrogen-bond donors (Lipinski definition) is 1. The Morgan fingerprint density at radius 2 is 1.55 bits per heavy atom. The van der Waals surface area contributed by atoms with Crippen LogP contribution in [-0.4, -0.2) is 13.7 Å². The van der Waals surface area contributed by atoms with Crippen LogP contribution in [0.2, 0.25) is 5.02 Å². The van der Waals surface area contributed by atoms with Gasteiger partial charge in [0.1, 0.15) is 5.75 Å². The van der Waals surface area contributed by atoms with Crippen molar-refractivity contribution in [2.24, 2.45) is 0 Å². The summed E-state index contributed by atoms with van der Waals surface area (Å²) in [5.74, 6) is 0.901. The molecule has 2 aromatic rings. The molecular formula is C16H19Cl2NO. The molecule has 0 aliphatic carbocycles. The van der Waals surface area contributed by atoms with E-state index in [4.69, 9.17) is 16.3 Å². The number of methoxy groups -OCH3 is 1. The van der Waals surface area contributed by atoms with Gasteiger partial charge in [-0.25, -0.2) is 0 Å². The van der Waals surface area contributed by atoms with Crippen LogP contribution >= 0.6 is 24.0 Å². The fourth-order valence-corrected chi connectivity index (χ4v) is 1.99. The van der Waals surface area contributed by atoms with Gasteiger partial charge in [-0.15, -0.1) is 12.4 Å². The van der Waals surface area contributed by atoms with Gasteiger partial charge in [0.15, 0.2) is 0 Å². The first-order chi connectivity index (χ1) is 9.28. The van der Waals surface area contributed by atoms with Crippen molar-refractivity contribution in [3.8, 4) is 5.75 Å². The predicted molar refractivity (Wildman–Crippen MR) is 87.1 cm³/mol. The van der Waals surface area contributed by atoms with Crippen LogP contribution in [0.1, 0.15) is 11.1 Å². The van der Waals surface area contributed by atoms with Gasteiger partial charge in [-0.3, -0.25) is 0 Å².